The smallest absolute Gasteiger partial charge is 0.214 e. The van der Waals surface area contributed by atoms with Crippen molar-refractivity contribution in [2.75, 3.05) is 4.90 Å². The lowest BCUT2D eigenvalue weighted by atomic mass is 10.1. The number of benzene rings is 3. The quantitative estimate of drug-likeness (QED) is 0.420. The standard InChI is InChI=1S/C24H20FNO3S/c1-15-4-7-18(8-5-15)24(27)23-14-26(20-10-6-16(2)17(3)12-20)21-13-19(25)9-11-22(21)30(23,28)29/h4-14H,1-3H3. The number of halogens is 1. The number of anilines is 2. The molecule has 0 aliphatic carbocycles. The van der Waals surface area contributed by atoms with Crippen LogP contribution in [0.15, 0.2) is 76.7 Å². The third-order valence-electron chi connectivity index (χ3n) is 5.31. The fourth-order valence-corrected chi connectivity index (χ4v) is 4.92. The van der Waals surface area contributed by atoms with Crippen molar-refractivity contribution in [3.63, 3.8) is 0 Å². The maximum absolute atomic E-state index is 14.0. The van der Waals surface area contributed by atoms with Gasteiger partial charge >= 0.3 is 0 Å². The molecule has 0 spiro atoms. The number of hydrogen-bond acceptors (Lipinski definition) is 4. The van der Waals surface area contributed by atoms with Crippen molar-refractivity contribution in [2.24, 2.45) is 0 Å². The Hall–Kier alpha value is -3.25. The molecule has 1 aliphatic heterocycles. The van der Waals surface area contributed by atoms with Crippen LogP contribution in [0.3, 0.4) is 0 Å². The Kier molecular flexibility index (Phi) is 4.82. The second-order valence-corrected chi connectivity index (χ2v) is 9.33. The molecular weight excluding hydrogens is 401 g/mol. The highest BCUT2D eigenvalue weighted by atomic mass is 32.2. The van der Waals surface area contributed by atoms with Gasteiger partial charge in [-0.3, -0.25) is 4.79 Å². The molecule has 0 aromatic heterocycles. The second-order valence-electron chi connectivity index (χ2n) is 7.44. The van der Waals surface area contributed by atoms with Gasteiger partial charge in [0.25, 0.3) is 0 Å². The number of Topliss-reactive ketones (excluding diaryl/α,β-unsaturated/α-hetero) is 1. The van der Waals surface area contributed by atoms with Crippen LogP contribution in [0.4, 0.5) is 15.8 Å². The molecule has 30 heavy (non-hydrogen) atoms. The van der Waals surface area contributed by atoms with E-state index in [2.05, 4.69) is 0 Å². The Morgan fingerprint density at radius 3 is 2.23 bits per heavy atom. The van der Waals surface area contributed by atoms with E-state index in [1.807, 2.05) is 39.0 Å². The van der Waals surface area contributed by atoms with Gasteiger partial charge < -0.3 is 4.90 Å². The monoisotopic (exact) mass is 421 g/mol. The van der Waals surface area contributed by atoms with Crippen molar-refractivity contribution < 1.29 is 17.6 Å². The van der Waals surface area contributed by atoms with E-state index < -0.39 is 21.4 Å². The van der Waals surface area contributed by atoms with Crippen molar-refractivity contribution >= 4 is 27.0 Å². The second kappa shape index (κ2) is 7.22. The van der Waals surface area contributed by atoms with E-state index in [-0.39, 0.29) is 21.1 Å². The van der Waals surface area contributed by atoms with E-state index in [4.69, 9.17) is 0 Å². The Labute approximate surface area is 175 Å². The third-order valence-corrected chi connectivity index (χ3v) is 7.11. The SMILES string of the molecule is Cc1ccc(C(=O)C2=CN(c3ccc(C)c(C)c3)c3cc(F)ccc3S2(=O)=O)cc1. The van der Waals surface area contributed by atoms with Crippen molar-refractivity contribution in [1.82, 2.24) is 0 Å². The van der Waals surface area contributed by atoms with Crippen LogP contribution >= 0.6 is 0 Å². The maximum Gasteiger partial charge on any atom is 0.214 e. The lowest BCUT2D eigenvalue weighted by molar-refractivity contribution is 0.104. The molecule has 0 saturated carbocycles. The number of sulfone groups is 1. The normalized spacial score (nSPS) is 14.8. The summed E-state index contributed by atoms with van der Waals surface area (Å²) >= 11 is 0. The number of rotatable bonds is 3. The summed E-state index contributed by atoms with van der Waals surface area (Å²) in [6.45, 7) is 5.79. The fraction of sp³-hybridized carbons (Fsp3) is 0.125. The molecule has 0 atom stereocenters. The topological polar surface area (TPSA) is 54.5 Å². The zero-order valence-corrected chi connectivity index (χ0v) is 17.6. The molecule has 0 saturated heterocycles. The van der Waals surface area contributed by atoms with E-state index in [1.54, 1.807) is 29.2 Å². The number of ketones is 1. The number of carbonyl (C=O) groups excluding carboxylic acids is 1. The van der Waals surface area contributed by atoms with E-state index in [9.17, 15) is 17.6 Å². The van der Waals surface area contributed by atoms with Crippen LogP contribution in [0.5, 0.6) is 0 Å². The van der Waals surface area contributed by atoms with E-state index >= 15 is 0 Å². The minimum absolute atomic E-state index is 0.0971. The van der Waals surface area contributed by atoms with Crippen LogP contribution < -0.4 is 4.90 Å². The third kappa shape index (κ3) is 3.33. The molecule has 0 unspecified atom stereocenters. The molecule has 1 heterocycles. The Balaban J connectivity index is 1.94. The summed E-state index contributed by atoms with van der Waals surface area (Å²) in [7, 11) is -4.11. The van der Waals surface area contributed by atoms with Gasteiger partial charge in [-0.05, 0) is 62.2 Å². The van der Waals surface area contributed by atoms with E-state index in [1.165, 1.54) is 18.3 Å². The van der Waals surface area contributed by atoms with Crippen molar-refractivity contribution in [2.45, 2.75) is 25.7 Å². The zero-order chi connectivity index (χ0) is 21.6. The van der Waals surface area contributed by atoms with Crippen LogP contribution in [0.25, 0.3) is 0 Å². The zero-order valence-electron chi connectivity index (χ0n) is 16.8. The molecule has 0 N–H and O–H groups in total. The molecule has 0 fully saturated rings. The number of fused-ring (bicyclic) bond motifs is 1. The predicted molar refractivity (Wildman–Crippen MR) is 115 cm³/mol. The van der Waals surface area contributed by atoms with Gasteiger partial charge in [0.05, 0.1) is 10.6 Å². The minimum atomic E-state index is -4.11. The van der Waals surface area contributed by atoms with Gasteiger partial charge in [0.15, 0.2) is 0 Å². The number of hydrogen-bond donors (Lipinski definition) is 0. The molecule has 0 amide bonds. The van der Waals surface area contributed by atoms with Crippen LogP contribution in [-0.4, -0.2) is 14.2 Å². The summed E-state index contributed by atoms with van der Waals surface area (Å²) in [5, 5.41) is 0. The largest absolute Gasteiger partial charge is 0.314 e. The molecule has 152 valence electrons. The minimum Gasteiger partial charge on any atom is -0.314 e. The Bertz CT molecular complexity index is 1310. The highest BCUT2D eigenvalue weighted by Gasteiger charge is 2.36. The first kappa shape index (κ1) is 20.0. The van der Waals surface area contributed by atoms with Gasteiger partial charge in [0, 0.05) is 17.5 Å². The van der Waals surface area contributed by atoms with Crippen molar-refractivity contribution in [1.29, 1.82) is 0 Å². The first-order valence-corrected chi connectivity index (χ1v) is 10.9. The summed E-state index contributed by atoms with van der Waals surface area (Å²) in [6.07, 6.45) is 1.30. The average molecular weight is 421 g/mol. The number of carbonyl (C=O) groups is 1. The lowest BCUT2D eigenvalue weighted by Gasteiger charge is -2.29. The van der Waals surface area contributed by atoms with Gasteiger partial charge in [-0.1, -0.05) is 35.9 Å². The molecular formula is C24H20FNO3S. The fourth-order valence-electron chi connectivity index (χ4n) is 3.40. The first-order chi connectivity index (χ1) is 14.2. The molecule has 4 rings (SSSR count). The van der Waals surface area contributed by atoms with E-state index in [0.29, 0.717) is 5.69 Å². The molecule has 6 heteroatoms. The first-order valence-electron chi connectivity index (χ1n) is 9.43. The highest BCUT2D eigenvalue weighted by molar-refractivity contribution is 7.96. The van der Waals surface area contributed by atoms with Crippen LogP contribution in [0.1, 0.15) is 27.0 Å². The van der Waals surface area contributed by atoms with Gasteiger partial charge in [-0.2, -0.15) is 0 Å². The number of nitrogens with zero attached hydrogens (tertiary/aromatic N) is 1. The molecule has 1 aliphatic rings. The number of aryl methyl sites for hydroxylation is 3. The molecule has 3 aromatic rings. The summed E-state index contributed by atoms with van der Waals surface area (Å²) in [5.74, 6) is -1.15. The maximum atomic E-state index is 14.0. The highest BCUT2D eigenvalue weighted by Crippen LogP contribution is 2.41. The van der Waals surface area contributed by atoms with Gasteiger partial charge in [0.2, 0.25) is 15.6 Å². The van der Waals surface area contributed by atoms with E-state index in [0.717, 1.165) is 22.8 Å². The van der Waals surface area contributed by atoms with Gasteiger partial charge in [0.1, 0.15) is 10.7 Å². The van der Waals surface area contributed by atoms with Gasteiger partial charge in [-0.25, -0.2) is 12.8 Å². The molecule has 0 bridgehead atoms. The van der Waals surface area contributed by atoms with Crippen LogP contribution in [0.2, 0.25) is 0 Å². The summed E-state index contributed by atoms with van der Waals surface area (Å²) in [6, 6.07) is 15.8. The Morgan fingerprint density at radius 1 is 0.867 bits per heavy atom. The average Bonchev–Trinajstić information content (AvgIpc) is 2.70. The predicted octanol–water partition coefficient (Wildman–Crippen LogP) is 5.40. The summed E-state index contributed by atoms with van der Waals surface area (Å²) < 4.78 is 40.5. The molecule has 0 radical (unpaired) electrons. The van der Waals surface area contributed by atoms with Crippen LogP contribution in [-0.2, 0) is 9.84 Å². The lowest BCUT2D eigenvalue weighted by Crippen LogP contribution is -2.26. The summed E-state index contributed by atoms with van der Waals surface area (Å²) in [4.78, 5) is 14.3. The van der Waals surface area contributed by atoms with Crippen LogP contribution in [0, 0.1) is 26.6 Å². The Morgan fingerprint density at radius 2 is 1.57 bits per heavy atom. The molecule has 3 aromatic carbocycles. The summed E-state index contributed by atoms with van der Waals surface area (Å²) in [5.41, 5.74) is 4.14. The molecule has 4 nitrogen and oxygen atoms in total. The number of allylic oxidation sites excluding steroid dienone is 1. The van der Waals surface area contributed by atoms with Crippen molar-refractivity contribution in [3.05, 3.63) is 99.8 Å². The van der Waals surface area contributed by atoms with Gasteiger partial charge in [-0.15, -0.1) is 0 Å². The van der Waals surface area contributed by atoms with Crippen molar-refractivity contribution in [3.8, 4) is 0 Å².